The van der Waals surface area contributed by atoms with Crippen LogP contribution in [0.1, 0.15) is 11.1 Å². The lowest BCUT2D eigenvalue weighted by atomic mass is 9.93. The number of methoxy groups -OCH3 is 1. The highest BCUT2D eigenvalue weighted by molar-refractivity contribution is 5.71. The van der Waals surface area contributed by atoms with Gasteiger partial charge in [0, 0.05) is 18.8 Å². The Morgan fingerprint density at radius 3 is 2.55 bits per heavy atom. The van der Waals surface area contributed by atoms with E-state index in [1.54, 1.807) is 7.11 Å². The van der Waals surface area contributed by atoms with E-state index in [1.165, 1.54) is 22.3 Å². The Balaban J connectivity index is 2.01. The smallest absolute Gasteiger partial charge is 0.118 e. The molecule has 0 saturated carbocycles. The predicted octanol–water partition coefficient (Wildman–Crippen LogP) is 2.93. The Hall–Kier alpha value is -2.00. The molecule has 1 heterocycles. The molecule has 0 aliphatic carbocycles. The Kier molecular flexibility index (Phi) is 3.36. The summed E-state index contributed by atoms with van der Waals surface area (Å²) in [5.74, 6) is 0.874. The third-order valence-electron chi connectivity index (χ3n) is 3.98. The molecule has 3 nitrogen and oxygen atoms in total. The van der Waals surface area contributed by atoms with Crippen LogP contribution in [0.5, 0.6) is 5.75 Å². The fraction of sp³-hybridized carbons (Fsp3) is 0.294. The minimum atomic E-state index is 0.874. The van der Waals surface area contributed by atoms with Gasteiger partial charge in [0.25, 0.3) is 0 Å². The molecule has 1 aliphatic rings. The second-order valence-corrected chi connectivity index (χ2v) is 5.42. The van der Waals surface area contributed by atoms with Crippen LogP contribution in [0.3, 0.4) is 0 Å². The van der Waals surface area contributed by atoms with E-state index < -0.39 is 0 Å². The molecular formula is C17H20N2O. The summed E-state index contributed by atoms with van der Waals surface area (Å²) in [4.78, 5) is 2.33. The molecule has 3 rings (SSSR count). The first kappa shape index (κ1) is 13.0. The monoisotopic (exact) mass is 268 g/mol. The van der Waals surface area contributed by atoms with Gasteiger partial charge >= 0.3 is 0 Å². The number of nitrogens with two attached hydrogens (primary N) is 1. The van der Waals surface area contributed by atoms with Crippen molar-refractivity contribution >= 4 is 5.69 Å². The fourth-order valence-electron chi connectivity index (χ4n) is 2.83. The molecule has 2 N–H and O–H groups in total. The minimum Gasteiger partial charge on any atom is -0.497 e. The van der Waals surface area contributed by atoms with Gasteiger partial charge in [-0.15, -0.1) is 0 Å². The molecule has 0 unspecified atom stereocenters. The van der Waals surface area contributed by atoms with Crippen molar-refractivity contribution in [2.75, 3.05) is 26.4 Å². The SMILES string of the molecule is COc1ccc(-c2cc(N)c3c(c2)CN(C)CC3)cc1. The lowest BCUT2D eigenvalue weighted by Gasteiger charge is -2.26. The maximum absolute atomic E-state index is 6.24. The largest absolute Gasteiger partial charge is 0.497 e. The second kappa shape index (κ2) is 5.17. The van der Waals surface area contributed by atoms with E-state index in [4.69, 9.17) is 10.5 Å². The van der Waals surface area contributed by atoms with Crippen molar-refractivity contribution < 1.29 is 4.74 Å². The molecule has 3 heteroatoms. The van der Waals surface area contributed by atoms with Gasteiger partial charge in [-0.05, 0) is 60.0 Å². The molecule has 0 spiro atoms. The zero-order chi connectivity index (χ0) is 14.1. The first-order chi connectivity index (χ1) is 9.67. The summed E-state index contributed by atoms with van der Waals surface area (Å²) in [6, 6.07) is 12.5. The van der Waals surface area contributed by atoms with Crippen molar-refractivity contribution in [3.8, 4) is 16.9 Å². The molecule has 0 bridgehead atoms. The Morgan fingerprint density at radius 1 is 1.10 bits per heavy atom. The highest BCUT2D eigenvalue weighted by atomic mass is 16.5. The molecule has 0 aromatic heterocycles. The number of anilines is 1. The van der Waals surface area contributed by atoms with Gasteiger partial charge in [0.1, 0.15) is 5.75 Å². The van der Waals surface area contributed by atoms with Gasteiger partial charge in [0.2, 0.25) is 0 Å². The molecule has 2 aromatic carbocycles. The number of hydrogen-bond acceptors (Lipinski definition) is 3. The van der Waals surface area contributed by atoms with Crippen molar-refractivity contribution in [2.45, 2.75) is 13.0 Å². The standard InChI is InChI=1S/C17H20N2O/c1-19-8-7-16-14(11-19)9-13(10-17(16)18)12-3-5-15(20-2)6-4-12/h3-6,9-10H,7-8,11,18H2,1-2H3. The molecule has 0 amide bonds. The maximum atomic E-state index is 6.24. The van der Waals surface area contributed by atoms with Gasteiger partial charge in [-0.1, -0.05) is 12.1 Å². The van der Waals surface area contributed by atoms with Crippen LogP contribution in [0, 0.1) is 0 Å². The summed E-state index contributed by atoms with van der Waals surface area (Å²) < 4.78 is 5.20. The van der Waals surface area contributed by atoms with Crippen LogP contribution in [-0.4, -0.2) is 25.6 Å². The van der Waals surface area contributed by atoms with Crippen molar-refractivity contribution in [1.29, 1.82) is 0 Å². The predicted molar refractivity (Wildman–Crippen MR) is 82.9 cm³/mol. The van der Waals surface area contributed by atoms with E-state index in [2.05, 4.69) is 36.2 Å². The van der Waals surface area contributed by atoms with Crippen LogP contribution in [0.2, 0.25) is 0 Å². The average molecular weight is 268 g/mol. The number of hydrogen-bond donors (Lipinski definition) is 1. The molecule has 1 aliphatic heterocycles. The average Bonchev–Trinajstić information content (AvgIpc) is 2.46. The van der Waals surface area contributed by atoms with E-state index in [0.717, 1.165) is 30.9 Å². The quantitative estimate of drug-likeness (QED) is 0.851. The first-order valence-corrected chi connectivity index (χ1v) is 6.91. The highest BCUT2D eigenvalue weighted by Crippen LogP contribution is 2.31. The van der Waals surface area contributed by atoms with Gasteiger partial charge in [-0.25, -0.2) is 0 Å². The van der Waals surface area contributed by atoms with Crippen molar-refractivity contribution in [1.82, 2.24) is 4.90 Å². The Morgan fingerprint density at radius 2 is 1.85 bits per heavy atom. The second-order valence-electron chi connectivity index (χ2n) is 5.42. The number of rotatable bonds is 2. The summed E-state index contributed by atoms with van der Waals surface area (Å²) in [6.07, 6.45) is 1.04. The number of benzene rings is 2. The van der Waals surface area contributed by atoms with Crippen LogP contribution < -0.4 is 10.5 Å². The molecule has 0 fully saturated rings. The Bertz CT molecular complexity index is 620. The number of nitrogen functional groups attached to an aromatic ring is 1. The van der Waals surface area contributed by atoms with Crippen molar-refractivity contribution in [3.05, 3.63) is 47.5 Å². The first-order valence-electron chi connectivity index (χ1n) is 6.91. The fourth-order valence-corrected chi connectivity index (χ4v) is 2.83. The van der Waals surface area contributed by atoms with E-state index >= 15 is 0 Å². The molecule has 104 valence electrons. The lowest BCUT2D eigenvalue weighted by molar-refractivity contribution is 0.313. The maximum Gasteiger partial charge on any atom is 0.118 e. The zero-order valence-electron chi connectivity index (χ0n) is 12.0. The van der Waals surface area contributed by atoms with Gasteiger partial charge < -0.3 is 15.4 Å². The molecule has 2 aromatic rings. The number of likely N-dealkylation sites (N-methyl/N-ethyl adjacent to an activating group) is 1. The van der Waals surface area contributed by atoms with Gasteiger partial charge in [-0.3, -0.25) is 0 Å². The molecule has 0 radical (unpaired) electrons. The lowest BCUT2D eigenvalue weighted by Crippen LogP contribution is -2.27. The van der Waals surface area contributed by atoms with Crippen LogP contribution in [0.25, 0.3) is 11.1 Å². The van der Waals surface area contributed by atoms with Crippen LogP contribution in [0.15, 0.2) is 36.4 Å². The van der Waals surface area contributed by atoms with Crippen LogP contribution in [-0.2, 0) is 13.0 Å². The van der Waals surface area contributed by atoms with Crippen molar-refractivity contribution in [3.63, 3.8) is 0 Å². The van der Waals surface area contributed by atoms with Gasteiger partial charge in [0.15, 0.2) is 0 Å². The summed E-state index contributed by atoms with van der Waals surface area (Å²) in [7, 11) is 3.83. The molecule has 0 atom stereocenters. The third kappa shape index (κ3) is 2.37. The zero-order valence-corrected chi connectivity index (χ0v) is 12.0. The van der Waals surface area contributed by atoms with Gasteiger partial charge in [-0.2, -0.15) is 0 Å². The third-order valence-corrected chi connectivity index (χ3v) is 3.98. The summed E-state index contributed by atoms with van der Waals surface area (Å²) in [6.45, 7) is 2.06. The number of fused-ring (bicyclic) bond motifs is 1. The minimum absolute atomic E-state index is 0.874. The van der Waals surface area contributed by atoms with E-state index in [9.17, 15) is 0 Å². The molecule has 20 heavy (non-hydrogen) atoms. The summed E-state index contributed by atoms with van der Waals surface area (Å²) >= 11 is 0. The molecular weight excluding hydrogens is 248 g/mol. The Labute approximate surface area is 120 Å². The van der Waals surface area contributed by atoms with Crippen LogP contribution in [0.4, 0.5) is 5.69 Å². The van der Waals surface area contributed by atoms with E-state index in [1.807, 2.05) is 12.1 Å². The highest BCUT2D eigenvalue weighted by Gasteiger charge is 2.16. The number of ether oxygens (including phenoxy) is 1. The van der Waals surface area contributed by atoms with Crippen LogP contribution >= 0.6 is 0 Å². The van der Waals surface area contributed by atoms with E-state index in [0.29, 0.717) is 0 Å². The topological polar surface area (TPSA) is 38.5 Å². The normalized spacial score (nSPS) is 14.9. The van der Waals surface area contributed by atoms with Crippen molar-refractivity contribution in [2.24, 2.45) is 0 Å². The van der Waals surface area contributed by atoms with E-state index in [-0.39, 0.29) is 0 Å². The summed E-state index contributed by atoms with van der Waals surface area (Å²) in [5, 5.41) is 0. The number of nitrogens with zero attached hydrogens (tertiary/aromatic N) is 1. The summed E-state index contributed by atoms with van der Waals surface area (Å²) in [5.41, 5.74) is 12.2. The molecule has 0 saturated heterocycles. The van der Waals surface area contributed by atoms with Gasteiger partial charge in [0.05, 0.1) is 7.11 Å².